The number of benzene rings is 1. The van der Waals surface area contributed by atoms with Crippen molar-refractivity contribution in [2.75, 3.05) is 5.75 Å². The van der Waals surface area contributed by atoms with Gasteiger partial charge in [0.2, 0.25) is 0 Å². The smallest absolute Gasteiger partial charge is 0.185 e. The lowest BCUT2D eigenvalue weighted by Crippen LogP contribution is -2.21. The van der Waals surface area contributed by atoms with Gasteiger partial charge in [-0.25, -0.2) is 8.78 Å². The molecule has 7 heteroatoms. The number of halogens is 2. The Balaban J connectivity index is 2.91. The first-order chi connectivity index (χ1) is 8.86. The molecule has 1 rings (SSSR count). The summed E-state index contributed by atoms with van der Waals surface area (Å²) >= 11 is 0.790. The van der Waals surface area contributed by atoms with Gasteiger partial charge in [0.1, 0.15) is 29.4 Å². The zero-order valence-corrected chi connectivity index (χ0v) is 10.7. The lowest BCUT2D eigenvalue weighted by atomic mass is 10.0. The molecule has 0 heterocycles. The number of carbonyl (C=O) groups excluding carboxylic acids is 1. The molecule has 0 fully saturated rings. The summed E-state index contributed by atoms with van der Waals surface area (Å²) in [4.78, 5) is 10.7. The molecule has 1 aromatic carbocycles. The van der Waals surface area contributed by atoms with Crippen LogP contribution in [0.1, 0.15) is 24.2 Å². The van der Waals surface area contributed by atoms with Crippen LogP contribution in [0.25, 0.3) is 0 Å². The Morgan fingerprint density at radius 2 is 1.95 bits per heavy atom. The van der Waals surface area contributed by atoms with Gasteiger partial charge in [0, 0.05) is 12.7 Å². The van der Waals surface area contributed by atoms with Gasteiger partial charge in [0.15, 0.2) is 5.12 Å². The highest BCUT2D eigenvalue weighted by atomic mass is 32.2. The minimum Gasteiger partial charge on any atom is -0.389 e. The Labute approximate surface area is 112 Å². The van der Waals surface area contributed by atoms with Crippen LogP contribution in [-0.4, -0.2) is 27.2 Å². The molecule has 0 aliphatic heterocycles. The van der Waals surface area contributed by atoms with E-state index >= 15 is 0 Å². The molecule has 1 aromatic rings. The molecule has 102 valence electrons. The van der Waals surface area contributed by atoms with Crippen LogP contribution in [0, 0.1) is 23.0 Å². The van der Waals surface area contributed by atoms with E-state index in [4.69, 9.17) is 5.26 Å². The average molecular weight is 287 g/mol. The molecule has 0 amide bonds. The fourth-order valence-electron chi connectivity index (χ4n) is 1.39. The summed E-state index contributed by atoms with van der Waals surface area (Å²) in [6.07, 6.45) is -2.88. The Morgan fingerprint density at radius 3 is 2.37 bits per heavy atom. The molecule has 0 aromatic heterocycles. The third kappa shape index (κ3) is 3.99. The summed E-state index contributed by atoms with van der Waals surface area (Å²) in [5, 5.41) is 27.6. The fraction of sp³-hybridized carbons (Fsp3) is 0.333. The number of aliphatic hydroxyl groups is 2. The molecule has 19 heavy (non-hydrogen) atoms. The van der Waals surface area contributed by atoms with E-state index in [1.807, 2.05) is 0 Å². The second-order valence-electron chi connectivity index (χ2n) is 3.79. The first-order valence-electron chi connectivity index (χ1n) is 5.25. The maximum absolute atomic E-state index is 13.3. The summed E-state index contributed by atoms with van der Waals surface area (Å²) < 4.78 is 26.7. The predicted molar refractivity (Wildman–Crippen MR) is 65.2 cm³/mol. The van der Waals surface area contributed by atoms with E-state index in [1.165, 1.54) is 13.0 Å². The van der Waals surface area contributed by atoms with Crippen molar-refractivity contribution in [2.24, 2.45) is 0 Å². The molecule has 0 aliphatic carbocycles. The number of thioether (sulfide) groups is 1. The van der Waals surface area contributed by atoms with E-state index in [9.17, 15) is 23.8 Å². The summed E-state index contributed by atoms with van der Waals surface area (Å²) in [7, 11) is 0. The van der Waals surface area contributed by atoms with Gasteiger partial charge in [-0.2, -0.15) is 5.26 Å². The first-order valence-corrected chi connectivity index (χ1v) is 6.24. The molecule has 0 saturated heterocycles. The van der Waals surface area contributed by atoms with E-state index in [2.05, 4.69) is 0 Å². The number of nitriles is 1. The molecule has 0 radical (unpaired) electrons. The van der Waals surface area contributed by atoms with Crippen LogP contribution < -0.4 is 0 Å². The molecule has 0 saturated carbocycles. The largest absolute Gasteiger partial charge is 0.389 e. The van der Waals surface area contributed by atoms with Crippen LogP contribution >= 0.6 is 11.8 Å². The van der Waals surface area contributed by atoms with Gasteiger partial charge in [0.25, 0.3) is 0 Å². The van der Waals surface area contributed by atoms with Crippen molar-refractivity contribution in [1.29, 1.82) is 5.26 Å². The third-order valence-electron chi connectivity index (χ3n) is 2.34. The highest BCUT2D eigenvalue weighted by molar-refractivity contribution is 8.13. The summed E-state index contributed by atoms with van der Waals surface area (Å²) in [6.45, 7) is 1.30. The van der Waals surface area contributed by atoms with Crippen molar-refractivity contribution in [3.05, 3.63) is 34.9 Å². The number of hydrogen-bond acceptors (Lipinski definition) is 5. The van der Waals surface area contributed by atoms with Crippen LogP contribution in [0.3, 0.4) is 0 Å². The minimum absolute atomic E-state index is 0.0975. The number of nitrogens with zero attached hydrogens (tertiary/aromatic N) is 1. The third-order valence-corrected chi connectivity index (χ3v) is 3.25. The Kier molecular flexibility index (Phi) is 5.42. The van der Waals surface area contributed by atoms with Crippen LogP contribution in [0.4, 0.5) is 8.78 Å². The second-order valence-corrected chi connectivity index (χ2v) is 4.98. The van der Waals surface area contributed by atoms with Gasteiger partial charge in [0.05, 0.1) is 6.10 Å². The van der Waals surface area contributed by atoms with Crippen molar-refractivity contribution >= 4 is 16.9 Å². The molecule has 4 nitrogen and oxygen atoms in total. The molecule has 2 N–H and O–H groups in total. The van der Waals surface area contributed by atoms with Crippen molar-refractivity contribution in [3.8, 4) is 6.07 Å². The zero-order chi connectivity index (χ0) is 14.6. The maximum Gasteiger partial charge on any atom is 0.185 e. The first kappa shape index (κ1) is 15.6. The van der Waals surface area contributed by atoms with Crippen LogP contribution in [0.15, 0.2) is 12.1 Å². The number of aliphatic hydroxyl groups excluding tert-OH is 2. The molecule has 2 unspecified atom stereocenters. The van der Waals surface area contributed by atoms with E-state index < -0.39 is 29.4 Å². The normalized spacial score (nSPS) is 13.7. The second kappa shape index (κ2) is 6.61. The topological polar surface area (TPSA) is 81.3 Å². The lowest BCUT2D eigenvalue weighted by Gasteiger charge is -2.17. The van der Waals surface area contributed by atoms with E-state index in [0.29, 0.717) is 0 Å². The zero-order valence-electron chi connectivity index (χ0n) is 9.93. The van der Waals surface area contributed by atoms with Crippen molar-refractivity contribution in [2.45, 2.75) is 19.1 Å². The predicted octanol–water partition coefficient (Wildman–Crippen LogP) is 1.51. The maximum atomic E-state index is 13.3. The van der Waals surface area contributed by atoms with Crippen LogP contribution in [-0.2, 0) is 4.79 Å². The van der Waals surface area contributed by atoms with Gasteiger partial charge >= 0.3 is 0 Å². The molecule has 0 aliphatic rings. The molecule has 2 atom stereocenters. The fourth-order valence-corrected chi connectivity index (χ4v) is 1.97. The molecule has 0 bridgehead atoms. The number of carbonyl (C=O) groups is 1. The SMILES string of the molecule is CC(=O)SCC(O)C(O)c1cc(F)c(C#N)c(F)c1. The van der Waals surface area contributed by atoms with Crippen LogP contribution in [0.2, 0.25) is 0 Å². The highest BCUT2D eigenvalue weighted by Gasteiger charge is 2.22. The van der Waals surface area contributed by atoms with Gasteiger partial charge in [-0.15, -0.1) is 0 Å². The standard InChI is InChI=1S/C12H11F2NO3S/c1-6(16)19-5-11(17)12(18)7-2-9(13)8(4-15)10(14)3-7/h2-3,11-12,17-18H,5H2,1H3. The van der Waals surface area contributed by atoms with E-state index in [-0.39, 0.29) is 16.4 Å². The number of rotatable bonds is 4. The average Bonchev–Trinajstić information content (AvgIpc) is 2.34. The van der Waals surface area contributed by atoms with Gasteiger partial charge < -0.3 is 10.2 Å². The lowest BCUT2D eigenvalue weighted by molar-refractivity contribution is -0.109. The Morgan fingerprint density at radius 1 is 1.42 bits per heavy atom. The van der Waals surface area contributed by atoms with E-state index in [1.54, 1.807) is 0 Å². The summed E-state index contributed by atoms with van der Waals surface area (Å²) in [6, 6.07) is 2.93. The van der Waals surface area contributed by atoms with Gasteiger partial charge in [-0.1, -0.05) is 11.8 Å². The quantitative estimate of drug-likeness (QED) is 0.877. The van der Waals surface area contributed by atoms with Crippen molar-refractivity contribution in [3.63, 3.8) is 0 Å². The molecular weight excluding hydrogens is 276 g/mol. The monoisotopic (exact) mass is 287 g/mol. The number of hydrogen-bond donors (Lipinski definition) is 2. The minimum atomic E-state index is -1.54. The van der Waals surface area contributed by atoms with Crippen molar-refractivity contribution in [1.82, 2.24) is 0 Å². The van der Waals surface area contributed by atoms with Crippen LogP contribution in [0.5, 0.6) is 0 Å². The van der Waals surface area contributed by atoms with Gasteiger partial charge in [-0.3, -0.25) is 4.79 Å². The Bertz CT molecular complexity index is 507. The van der Waals surface area contributed by atoms with Crippen molar-refractivity contribution < 1.29 is 23.8 Å². The van der Waals surface area contributed by atoms with Gasteiger partial charge in [-0.05, 0) is 17.7 Å². The summed E-state index contributed by atoms with van der Waals surface area (Å²) in [5.74, 6) is -2.31. The van der Waals surface area contributed by atoms with E-state index in [0.717, 1.165) is 23.9 Å². The Hall–Kier alpha value is -1.49. The molecule has 0 spiro atoms. The molecular formula is C12H11F2NO3S. The highest BCUT2D eigenvalue weighted by Crippen LogP contribution is 2.24. The summed E-state index contributed by atoms with van der Waals surface area (Å²) in [5.41, 5.74) is -0.936.